The van der Waals surface area contributed by atoms with Gasteiger partial charge in [0.25, 0.3) is 11.8 Å². The number of rotatable bonds is 6. The Hall–Kier alpha value is -2.84. The van der Waals surface area contributed by atoms with Crippen LogP contribution in [0.1, 0.15) is 65.9 Å². The number of imide groups is 1. The fourth-order valence-corrected chi connectivity index (χ4v) is 3.46. The Bertz CT molecular complexity index is 1030. The van der Waals surface area contributed by atoms with Gasteiger partial charge in [-0.25, -0.2) is 0 Å². The second-order valence-electron chi connectivity index (χ2n) is 8.75. The SMILES string of the molecule is CC(C)(C)C(=O)Nc1cc([C@@H](COC2CC2)N2C(=O)c3ccccc3C2=O)c(Cl)nn1. The highest BCUT2D eigenvalue weighted by Crippen LogP contribution is 2.36. The van der Waals surface area contributed by atoms with Gasteiger partial charge in [-0.2, -0.15) is 0 Å². The molecule has 0 radical (unpaired) electrons. The minimum atomic E-state index is -0.804. The van der Waals surface area contributed by atoms with Crippen molar-refractivity contribution < 1.29 is 19.1 Å². The van der Waals surface area contributed by atoms with E-state index in [1.807, 2.05) is 0 Å². The number of carbonyl (C=O) groups excluding carboxylic acids is 3. The zero-order valence-corrected chi connectivity index (χ0v) is 18.3. The highest BCUT2D eigenvalue weighted by atomic mass is 35.5. The van der Waals surface area contributed by atoms with E-state index in [0.29, 0.717) is 16.7 Å². The number of aromatic nitrogens is 2. The van der Waals surface area contributed by atoms with Crippen LogP contribution in [-0.2, 0) is 9.53 Å². The van der Waals surface area contributed by atoms with Crippen molar-refractivity contribution in [2.24, 2.45) is 5.41 Å². The van der Waals surface area contributed by atoms with Gasteiger partial charge in [0.1, 0.15) is 0 Å². The maximum Gasteiger partial charge on any atom is 0.262 e. The standard InChI is InChI=1S/C22H23ClN4O4/c1-22(2,3)21(30)24-17-10-15(18(23)26-25-17)16(11-31-12-8-9-12)27-19(28)13-6-4-5-7-14(13)20(27)29/h4-7,10,12,16H,8-9,11H2,1-3H3,(H,24,25,30)/t16-/m1/s1. The molecule has 1 atom stereocenters. The molecular weight excluding hydrogens is 420 g/mol. The van der Waals surface area contributed by atoms with Gasteiger partial charge >= 0.3 is 0 Å². The number of nitrogens with zero attached hydrogens (tertiary/aromatic N) is 3. The minimum Gasteiger partial charge on any atom is -0.376 e. The molecule has 2 heterocycles. The fourth-order valence-electron chi connectivity index (χ4n) is 3.25. The molecule has 8 nitrogen and oxygen atoms in total. The maximum absolute atomic E-state index is 13.1. The van der Waals surface area contributed by atoms with E-state index in [2.05, 4.69) is 15.5 Å². The van der Waals surface area contributed by atoms with Gasteiger partial charge in [-0.15, -0.1) is 10.2 Å². The molecule has 1 saturated carbocycles. The van der Waals surface area contributed by atoms with E-state index in [0.717, 1.165) is 17.7 Å². The van der Waals surface area contributed by atoms with Crippen LogP contribution >= 0.6 is 11.6 Å². The molecular formula is C22H23ClN4O4. The van der Waals surface area contributed by atoms with Crippen LogP contribution in [0.5, 0.6) is 0 Å². The smallest absolute Gasteiger partial charge is 0.262 e. The van der Waals surface area contributed by atoms with Gasteiger partial charge in [-0.05, 0) is 31.0 Å². The van der Waals surface area contributed by atoms with Crippen molar-refractivity contribution in [1.82, 2.24) is 15.1 Å². The van der Waals surface area contributed by atoms with E-state index in [4.69, 9.17) is 16.3 Å². The molecule has 3 amide bonds. The summed E-state index contributed by atoms with van der Waals surface area (Å²) in [7, 11) is 0. The molecule has 162 valence electrons. The highest BCUT2D eigenvalue weighted by Gasteiger charge is 2.42. The van der Waals surface area contributed by atoms with Crippen LogP contribution in [0.4, 0.5) is 5.82 Å². The summed E-state index contributed by atoms with van der Waals surface area (Å²) in [6.07, 6.45) is 1.97. The Labute approximate surface area is 184 Å². The second kappa shape index (κ2) is 8.01. The Balaban J connectivity index is 1.70. The van der Waals surface area contributed by atoms with Crippen LogP contribution in [0.3, 0.4) is 0 Å². The van der Waals surface area contributed by atoms with Gasteiger partial charge in [0.15, 0.2) is 11.0 Å². The summed E-state index contributed by atoms with van der Waals surface area (Å²) in [4.78, 5) is 39.7. The second-order valence-corrected chi connectivity index (χ2v) is 9.11. The number of benzene rings is 1. The predicted octanol–water partition coefficient (Wildman–Crippen LogP) is 3.63. The average Bonchev–Trinajstić information content (AvgIpc) is 3.51. The van der Waals surface area contributed by atoms with Gasteiger partial charge in [-0.3, -0.25) is 19.3 Å². The number of hydrogen-bond acceptors (Lipinski definition) is 6. The van der Waals surface area contributed by atoms with Crippen LogP contribution in [0.25, 0.3) is 0 Å². The Kier molecular flexibility index (Phi) is 5.53. The molecule has 0 unspecified atom stereocenters. The Morgan fingerprint density at radius 1 is 1.19 bits per heavy atom. The third kappa shape index (κ3) is 4.31. The molecule has 0 spiro atoms. The quantitative estimate of drug-likeness (QED) is 0.685. The van der Waals surface area contributed by atoms with Crippen molar-refractivity contribution in [1.29, 1.82) is 0 Å². The number of halogens is 1. The molecule has 1 aromatic carbocycles. The van der Waals surface area contributed by atoms with Crippen molar-refractivity contribution in [3.8, 4) is 0 Å². The largest absolute Gasteiger partial charge is 0.376 e. The molecule has 1 aliphatic heterocycles. The summed E-state index contributed by atoms with van der Waals surface area (Å²) in [5.41, 5.74) is 0.418. The van der Waals surface area contributed by atoms with E-state index in [1.165, 1.54) is 0 Å². The lowest BCUT2D eigenvalue weighted by molar-refractivity contribution is -0.123. The molecule has 0 bridgehead atoms. The van der Waals surface area contributed by atoms with Gasteiger partial charge < -0.3 is 10.1 Å². The highest BCUT2D eigenvalue weighted by molar-refractivity contribution is 6.30. The molecule has 31 heavy (non-hydrogen) atoms. The van der Waals surface area contributed by atoms with E-state index in [-0.39, 0.29) is 29.6 Å². The molecule has 2 aromatic rings. The molecule has 1 aromatic heterocycles. The Morgan fingerprint density at radius 3 is 2.35 bits per heavy atom. The van der Waals surface area contributed by atoms with Crippen LogP contribution in [0.2, 0.25) is 5.15 Å². The van der Waals surface area contributed by atoms with Gasteiger partial charge in [0, 0.05) is 11.0 Å². The van der Waals surface area contributed by atoms with E-state index in [9.17, 15) is 14.4 Å². The van der Waals surface area contributed by atoms with E-state index in [1.54, 1.807) is 51.1 Å². The van der Waals surface area contributed by atoms with Gasteiger partial charge in [-0.1, -0.05) is 44.5 Å². The van der Waals surface area contributed by atoms with Crippen LogP contribution in [-0.4, -0.2) is 45.5 Å². The average molecular weight is 443 g/mol. The summed E-state index contributed by atoms with van der Waals surface area (Å²) in [5.74, 6) is -0.898. The summed E-state index contributed by atoms with van der Waals surface area (Å²) in [6.45, 7) is 5.40. The lowest BCUT2D eigenvalue weighted by Crippen LogP contribution is -2.37. The lowest BCUT2D eigenvalue weighted by Gasteiger charge is -2.27. The molecule has 4 rings (SSSR count). The zero-order chi connectivity index (χ0) is 22.3. The monoisotopic (exact) mass is 442 g/mol. The summed E-state index contributed by atoms with van der Waals surface area (Å²) in [5, 5.41) is 10.6. The van der Waals surface area contributed by atoms with Crippen molar-refractivity contribution in [3.05, 3.63) is 52.2 Å². The minimum absolute atomic E-state index is 0.0368. The first-order valence-electron chi connectivity index (χ1n) is 10.1. The first-order valence-corrected chi connectivity index (χ1v) is 10.5. The molecule has 1 aliphatic carbocycles. The zero-order valence-electron chi connectivity index (χ0n) is 17.5. The predicted molar refractivity (Wildman–Crippen MR) is 114 cm³/mol. The normalized spacial score (nSPS) is 17.0. The molecule has 9 heteroatoms. The summed E-state index contributed by atoms with van der Waals surface area (Å²) < 4.78 is 5.87. The van der Waals surface area contributed by atoms with Crippen LogP contribution < -0.4 is 5.32 Å². The third-order valence-electron chi connectivity index (χ3n) is 5.21. The third-order valence-corrected chi connectivity index (χ3v) is 5.50. The topological polar surface area (TPSA) is 101 Å². The van der Waals surface area contributed by atoms with Crippen molar-refractivity contribution >= 4 is 35.1 Å². The fraction of sp³-hybridized carbons (Fsp3) is 0.409. The number of amides is 3. The summed E-state index contributed by atoms with van der Waals surface area (Å²) >= 11 is 6.34. The van der Waals surface area contributed by atoms with Crippen LogP contribution in [0, 0.1) is 5.41 Å². The lowest BCUT2D eigenvalue weighted by atomic mass is 9.96. The maximum atomic E-state index is 13.1. The van der Waals surface area contributed by atoms with Crippen molar-refractivity contribution in [2.75, 3.05) is 11.9 Å². The Morgan fingerprint density at radius 2 is 1.81 bits per heavy atom. The number of hydrogen-bond donors (Lipinski definition) is 1. The molecule has 1 N–H and O–H groups in total. The number of carbonyl (C=O) groups is 3. The van der Waals surface area contributed by atoms with E-state index >= 15 is 0 Å². The van der Waals surface area contributed by atoms with Gasteiger partial charge in [0.05, 0.1) is 29.9 Å². The van der Waals surface area contributed by atoms with Gasteiger partial charge in [0.2, 0.25) is 5.91 Å². The number of fused-ring (bicyclic) bond motifs is 1. The summed E-state index contributed by atoms with van der Waals surface area (Å²) in [6, 6.07) is 7.41. The number of nitrogens with one attached hydrogen (secondary N) is 1. The first kappa shape index (κ1) is 21.4. The molecule has 0 saturated heterocycles. The number of anilines is 1. The number of ether oxygens (including phenoxy) is 1. The van der Waals surface area contributed by atoms with Crippen molar-refractivity contribution in [3.63, 3.8) is 0 Å². The van der Waals surface area contributed by atoms with Crippen LogP contribution in [0.15, 0.2) is 30.3 Å². The molecule has 1 fully saturated rings. The van der Waals surface area contributed by atoms with E-state index < -0.39 is 23.3 Å². The van der Waals surface area contributed by atoms with Crippen molar-refractivity contribution in [2.45, 2.75) is 45.8 Å². The first-order chi connectivity index (χ1) is 14.7. The molecule has 2 aliphatic rings.